The normalized spacial score (nSPS) is 11.1. The number of anilines is 1. The molecule has 30 heavy (non-hydrogen) atoms. The number of carbonyl (C=O) groups is 1. The summed E-state index contributed by atoms with van der Waals surface area (Å²) in [4.78, 5) is 23.5. The molecule has 0 unspecified atom stereocenters. The Hall–Kier alpha value is -4.46. The Labute approximate surface area is 170 Å². The Balaban J connectivity index is 1.59. The topological polar surface area (TPSA) is 180 Å². The van der Waals surface area contributed by atoms with E-state index in [2.05, 4.69) is 35.8 Å². The molecular weight excluding hydrogens is 414 g/mol. The van der Waals surface area contributed by atoms with Gasteiger partial charge in [0.1, 0.15) is 5.69 Å². The first-order valence-corrected chi connectivity index (χ1v) is 9.08. The zero-order valence-corrected chi connectivity index (χ0v) is 15.7. The maximum Gasteiger partial charge on any atom is 0.294 e. The molecular formula is C16H11N9O4S. The number of nitro benzene ring substituents is 1. The third-order valence-electron chi connectivity index (χ3n) is 3.82. The number of hydrogen-bond acceptors (Lipinski definition) is 11. The summed E-state index contributed by atoms with van der Waals surface area (Å²) >= 11 is 1.36. The van der Waals surface area contributed by atoms with Crippen molar-refractivity contribution in [3.63, 3.8) is 0 Å². The second-order valence-electron chi connectivity index (χ2n) is 5.70. The van der Waals surface area contributed by atoms with Crippen LogP contribution >= 0.6 is 11.3 Å². The van der Waals surface area contributed by atoms with E-state index in [9.17, 15) is 14.9 Å². The van der Waals surface area contributed by atoms with Gasteiger partial charge in [0.05, 0.1) is 16.0 Å². The van der Waals surface area contributed by atoms with Gasteiger partial charge < -0.3 is 5.73 Å². The number of nitrogens with zero attached hydrogens (tertiary/aromatic N) is 7. The van der Waals surface area contributed by atoms with E-state index in [-0.39, 0.29) is 23.0 Å². The molecule has 150 valence electrons. The lowest BCUT2D eigenvalue weighted by Crippen LogP contribution is -2.19. The average Bonchev–Trinajstić information content (AvgIpc) is 3.48. The molecule has 0 atom stereocenters. The third-order valence-corrected chi connectivity index (χ3v) is 4.70. The molecule has 1 amide bonds. The van der Waals surface area contributed by atoms with Gasteiger partial charge in [-0.1, -0.05) is 11.3 Å². The van der Waals surface area contributed by atoms with Crippen LogP contribution in [0, 0.1) is 10.1 Å². The summed E-state index contributed by atoms with van der Waals surface area (Å²) in [5, 5.41) is 31.4. The highest BCUT2D eigenvalue weighted by Crippen LogP contribution is 2.29. The molecule has 3 aromatic heterocycles. The van der Waals surface area contributed by atoms with Gasteiger partial charge in [0.15, 0.2) is 5.69 Å². The number of nitro groups is 1. The van der Waals surface area contributed by atoms with Gasteiger partial charge in [0.25, 0.3) is 11.6 Å². The summed E-state index contributed by atoms with van der Waals surface area (Å²) in [5.41, 5.74) is 8.93. The number of non-ortho nitro benzene ring substituents is 1. The molecule has 0 bridgehead atoms. The SMILES string of the molecule is Nc1nonc1-n1nnc(C(=O)N/N=C/c2ccc([N+](=O)[O-])cc2)c1-c1cccs1. The van der Waals surface area contributed by atoms with E-state index in [1.54, 1.807) is 12.1 Å². The van der Waals surface area contributed by atoms with Crippen molar-refractivity contribution in [1.82, 2.24) is 30.7 Å². The molecule has 4 rings (SSSR count). The van der Waals surface area contributed by atoms with Crippen LogP contribution in [0.3, 0.4) is 0 Å². The van der Waals surface area contributed by atoms with Gasteiger partial charge in [-0.25, -0.2) is 10.1 Å². The van der Waals surface area contributed by atoms with E-state index >= 15 is 0 Å². The van der Waals surface area contributed by atoms with Crippen LogP contribution in [0.1, 0.15) is 16.1 Å². The minimum atomic E-state index is -0.627. The fourth-order valence-electron chi connectivity index (χ4n) is 2.46. The Kier molecular flexibility index (Phi) is 4.96. The minimum Gasteiger partial charge on any atom is -0.378 e. The second kappa shape index (κ2) is 7.88. The fourth-order valence-corrected chi connectivity index (χ4v) is 3.21. The van der Waals surface area contributed by atoms with Gasteiger partial charge >= 0.3 is 0 Å². The van der Waals surface area contributed by atoms with Crippen molar-refractivity contribution in [1.29, 1.82) is 0 Å². The monoisotopic (exact) mass is 425 g/mol. The van der Waals surface area contributed by atoms with E-state index in [0.29, 0.717) is 16.1 Å². The number of rotatable bonds is 6. The predicted octanol–water partition coefficient (Wildman–Crippen LogP) is 1.63. The summed E-state index contributed by atoms with van der Waals surface area (Å²) < 4.78 is 5.86. The van der Waals surface area contributed by atoms with Crippen molar-refractivity contribution < 1.29 is 14.3 Å². The number of amides is 1. The number of nitrogens with two attached hydrogens (primary N) is 1. The lowest BCUT2D eigenvalue weighted by molar-refractivity contribution is -0.384. The zero-order chi connectivity index (χ0) is 21.1. The first-order chi connectivity index (χ1) is 14.5. The number of carbonyl (C=O) groups excluding carboxylic acids is 1. The minimum absolute atomic E-state index is 0.0131. The third kappa shape index (κ3) is 3.61. The largest absolute Gasteiger partial charge is 0.378 e. The standard InChI is InChI=1S/C16H11N9O4S/c17-14-15(22-29-21-14)24-13(11-2-1-7-30-11)12(19-23-24)16(26)20-18-8-9-3-5-10(6-4-9)25(27)28/h1-8H,(H2,17,21)(H,20,26)/b18-8+. The van der Waals surface area contributed by atoms with E-state index in [1.807, 2.05) is 5.38 Å². The molecule has 0 saturated heterocycles. The number of aromatic nitrogens is 5. The first-order valence-electron chi connectivity index (χ1n) is 8.20. The van der Waals surface area contributed by atoms with E-state index in [0.717, 1.165) is 0 Å². The highest BCUT2D eigenvalue weighted by molar-refractivity contribution is 7.13. The van der Waals surface area contributed by atoms with E-state index in [1.165, 1.54) is 46.5 Å². The number of hydrogen-bond donors (Lipinski definition) is 2. The lowest BCUT2D eigenvalue weighted by Gasteiger charge is -2.03. The summed E-state index contributed by atoms with van der Waals surface area (Å²) in [7, 11) is 0. The van der Waals surface area contributed by atoms with Gasteiger partial charge in [-0.05, 0) is 39.5 Å². The lowest BCUT2D eigenvalue weighted by atomic mass is 10.2. The Morgan fingerprint density at radius 3 is 2.73 bits per heavy atom. The quantitative estimate of drug-likeness (QED) is 0.263. The van der Waals surface area contributed by atoms with Crippen molar-refractivity contribution in [2.75, 3.05) is 5.73 Å². The van der Waals surface area contributed by atoms with Crippen LogP contribution in [0.2, 0.25) is 0 Å². The highest BCUT2D eigenvalue weighted by atomic mass is 32.1. The Bertz CT molecular complexity index is 1230. The maximum atomic E-state index is 12.6. The van der Waals surface area contributed by atoms with Crippen LogP contribution in [0.5, 0.6) is 0 Å². The van der Waals surface area contributed by atoms with E-state index < -0.39 is 10.8 Å². The smallest absolute Gasteiger partial charge is 0.294 e. The Morgan fingerprint density at radius 1 is 1.30 bits per heavy atom. The van der Waals surface area contributed by atoms with Crippen LogP contribution in [-0.2, 0) is 0 Å². The summed E-state index contributed by atoms with van der Waals surface area (Å²) in [6, 6.07) is 9.25. The summed E-state index contributed by atoms with van der Waals surface area (Å²) in [6.07, 6.45) is 1.34. The molecule has 0 fully saturated rings. The fraction of sp³-hybridized carbons (Fsp3) is 0. The molecule has 0 aliphatic rings. The number of benzene rings is 1. The molecule has 0 saturated carbocycles. The molecule has 3 N–H and O–H groups in total. The van der Waals surface area contributed by atoms with Crippen molar-refractivity contribution in [3.8, 4) is 16.4 Å². The second-order valence-corrected chi connectivity index (χ2v) is 6.64. The maximum absolute atomic E-state index is 12.6. The van der Waals surface area contributed by atoms with Gasteiger partial charge in [0, 0.05) is 12.1 Å². The number of nitrogens with one attached hydrogen (secondary N) is 1. The van der Waals surface area contributed by atoms with Crippen LogP contribution in [0.25, 0.3) is 16.4 Å². The molecule has 14 heteroatoms. The summed E-state index contributed by atoms with van der Waals surface area (Å²) in [5.74, 6) is -0.543. The molecule has 1 aromatic carbocycles. The molecule has 0 radical (unpaired) electrons. The van der Waals surface area contributed by atoms with Crippen LogP contribution in [0.15, 0.2) is 51.5 Å². The van der Waals surface area contributed by atoms with Crippen molar-refractivity contribution in [3.05, 3.63) is 63.1 Å². The van der Waals surface area contributed by atoms with E-state index in [4.69, 9.17) is 5.73 Å². The van der Waals surface area contributed by atoms with Crippen molar-refractivity contribution in [2.45, 2.75) is 0 Å². The molecule has 0 aliphatic carbocycles. The molecule has 4 aromatic rings. The van der Waals surface area contributed by atoms with Gasteiger partial charge in [-0.3, -0.25) is 14.9 Å². The van der Waals surface area contributed by atoms with Gasteiger partial charge in [0.2, 0.25) is 11.6 Å². The van der Waals surface area contributed by atoms with Gasteiger partial charge in [-0.15, -0.1) is 16.4 Å². The number of hydrazone groups is 1. The number of thiophene rings is 1. The van der Waals surface area contributed by atoms with Crippen molar-refractivity contribution >= 4 is 35.0 Å². The Morgan fingerprint density at radius 2 is 2.10 bits per heavy atom. The molecule has 0 aliphatic heterocycles. The van der Waals surface area contributed by atoms with Crippen LogP contribution in [0.4, 0.5) is 11.5 Å². The first kappa shape index (κ1) is 18.9. The van der Waals surface area contributed by atoms with Gasteiger partial charge in [-0.2, -0.15) is 9.78 Å². The zero-order valence-electron chi connectivity index (χ0n) is 14.9. The average molecular weight is 425 g/mol. The van der Waals surface area contributed by atoms with Crippen molar-refractivity contribution in [2.24, 2.45) is 5.10 Å². The van der Waals surface area contributed by atoms with Crippen LogP contribution in [-0.4, -0.2) is 42.4 Å². The van der Waals surface area contributed by atoms with Crippen LogP contribution < -0.4 is 11.2 Å². The molecule has 13 nitrogen and oxygen atoms in total. The highest BCUT2D eigenvalue weighted by Gasteiger charge is 2.25. The number of nitrogen functional groups attached to an aromatic ring is 1. The predicted molar refractivity (Wildman–Crippen MR) is 105 cm³/mol. The summed E-state index contributed by atoms with van der Waals surface area (Å²) in [6.45, 7) is 0. The molecule has 0 spiro atoms. The molecule has 3 heterocycles.